The molecule has 0 bridgehead atoms. The molecule has 1 fully saturated rings. The van der Waals surface area contributed by atoms with Gasteiger partial charge in [0, 0.05) is 12.6 Å². The predicted octanol–water partition coefficient (Wildman–Crippen LogP) is 1.27. The van der Waals surface area contributed by atoms with Crippen LogP contribution in [0.2, 0.25) is 0 Å². The molecule has 3 atom stereocenters. The highest BCUT2D eigenvalue weighted by Gasteiger charge is 2.26. The Kier molecular flexibility index (Phi) is 6.78. The summed E-state index contributed by atoms with van der Waals surface area (Å²) in [6, 6.07) is -0.873. The number of hydrogen-bond acceptors (Lipinski definition) is 3. The van der Waals surface area contributed by atoms with E-state index in [2.05, 4.69) is 22.6 Å². The second kappa shape index (κ2) is 8.09. The van der Waals surface area contributed by atoms with Gasteiger partial charge < -0.3 is 20.6 Å². The van der Waals surface area contributed by atoms with Gasteiger partial charge in [-0.2, -0.15) is 0 Å². The molecule has 20 heavy (non-hydrogen) atoms. The fourth-order valence-corrected chi connectivity index (χ4v) is 2.49. The first-order valence-corrected chi connectivity index (χ1v) is 7.43. The number of nitrogens with one attached hydrogen (secondary N) is 2. The maximum Gasteiger partial charge on any atom is 0.326 e. The molecule has 1 saturated heterocycles. The van der Waals surface area contributed by atoms with Crippen molar-refractivity contribution in [2.45, 2.75) is 51.6 Å². The number of carboxylic acids is 1. The molecular weight excluding hydrogens is 258 g/mol. The Morgan fingerprint density at radius 3 is 2.65 bits per heavy atom. The number of piperidine rings is 1. The van der Waals surface area contributed by atoms with Gasteiger partial charge in [0.15, 0.2) is 0 Å². The van der Waals surface area contributed by atoms with Crippen molar-refractivity contribution in [3.63, 3.8) is 0 Å². The van der Waals surface area contributed by atoms with Crippen molar-refractivity contribution in [1.29, 1.82) is 0 Å². The average Bonchev–Trinajstić information content (AvgIpc) is 2.42. The molecule has 3 unspecified atom stereocenters. The first-order valence-electron chi connectivity index (χ1n) is 7.43. The molecule has 0 aromatic carbocycles. The molecule has 6 nitrogen and oxygen atoms in total. The Morgan fingerprint density at radius 1 is 1.40 bits per heavy atom. The van der Waals surface area contributed by atoms with E-state index in [4.69, 9.17) is 5.11 Å². The molecule has 0 saturated carbocycles. The predicted molar refractivity (Wildman–Crippen MR) is 77.7 cm³/mol. The van der Waals surface area contributed by atoms with E-state index in [1.54, 1.807) is 0 Å². The summed E-state index contributed by atoms with van der Waals surface area (Å²) in [6.07, 6.45) is 4.17. The highest BCUT2D eigenvalue weighted by Crippen LogP contribution is 2.14. The number of aliphatic carboxylic acids is 1. The molecule has 1 aliphatic rings. The van der Waals surface area contributed by atoms with Gasteiger partial charge in [0.1, 0.15) is 6.04 Å². The van der Waals surface area contributed by atoms with Gasteiger partial charge in [0.2, 0.25) is 0 Å². The lowest BCUT2D eigenvalue weighted by molar-refractivity contribution is -0.140. The molecule has 0 aromatic heterocycles. The van der Waals surface area contributed by atoms with Crippen LogP contribution in [-0.2, 0) is 4.79 Å². The fraction of sp³-hybridized carbons (Fsp3) is 0.857. The van der Waals surface area contributed by atoms with Crippen LogP contribution in [0.25, 0.3) is 0 Å². The number of rotatable bonds is 6. The highest BCUT2D eigenvalue weighted by atomic mass is 16.4. The van der Waals surface area contributed by atoms with Crippen LogP contribution in [0.1, 0.15) is 39.5 Å². The van der Waals surface area contributed by atoms with Crippen molar-refractivity contribution >= 4 is 12.0 Å². The van der Waals surface area contributed by atoms with Crippen molar-refractivity contribution in [3.05, 3.63) is 0 Å². The minimum absolute atomic E-state index is 0.0874. The van der Waals surface area contributed by atoms with E-state index in [0.29, 0.717) is 19.0 Å². The molecule has 1 heterocycles. The summed E-state index contributed by atoms with van der Waals surface area (Å²) in [5.74, 6) is -1.07. The summed E-state index contributed by atoms with van der Waals surface area (Å²) in [5, 5.41) is 14.5. The minimum Gasteiger partial charge on any atom is -0.480 e. The lowest BCUT2D eigenvalue weighted by Crippen LogP contribution is -2.52. The van der Waals surface area contributed by atoms with E-state index in [1.165, 1.54) is 12.8 Å². The van der Waals surface area contributed by atoms with E-state index < -0.39 is 18.0 Å². The number of likely N-dealkylation sites (N-methyl/N-ethyl adjacent to an activating group) is 1. The first kappa shape index (κ1) is 16.8. The van der Waals surface area contributed by atoms with E-state index >= 15 is 0 Å². The summed E-state index contributed by atoms with van der Waals surface area (Å²) >= 11 is 0. The van der Waals surface area contributed by atoms with Gasteiger partial charge in [-0.15, -0.1) is 0 Å². The monoisotopic (exact) mass is 285 g/mol. The molecule has 6 heteroatoms. The van der Waals surface area contributed by atoms with Crippen LogP contribution in [0.15, 0.2) is 0 Å². The van der Waals surface area contributed by atoms with E-state index in [0.717, 1.165) is 13.0 Å². The largest absolute Gasteiger partial charge is 0.480 e. The Bertz CT molecular complexity index is 336. The Balaban J connectivity index is 2.39. The van der Waals surface area contributed by atoms with Crippen LogP contribution >= 0.6 is 0 Å². The third-order valence-electron chi connectivity index (χ3n) is 4.19. The van der Waals surface area contributed by atoms with Crippen molar-refractivity contribution in [3.8, 4) is 0 Å². The van der Waals surface area contributed by atoms with Crippen LogP contribution in [0.3, 0.4) is 0 Å². The topological polar surface area (TPSA) is 81.7 Å². The Hall–Kier alpha value is -1.30. The number of carboxylic acid groups (broad SMARTS) is 1. The maximum absolute atomic E-state index is 11.8. The number of likely N-dealkylation sites (tertiary alicyclic amines) is 1. The third-order valence-corrected chi connectivity index (χ3v) is 4.19. The fourth-order valence-electron chi connectivity index (χ4n) is 2.49. The van der Waals surface area contributed by atoms with Gasteiger partial charge in [-0.1, -0.05) is 26.7 Å². The number of nitrogens with zero attached hydrogens (tertiary/aromatic N) is 1. The molecule has 116 valence electrons. The molecule has 1 rings (SSSR count). The number of hydrogen-bond donors (Lipinski definition) is 3. The average molecular weight is 285 g/mol. The van der Waals surface area contributed by atoms with Gasteiger partial charge in [0.25, 0.3) is 0 Å². The van der Waals surface area contributed by atoms with Crippen molar-refractivity contribution < 1.29 is 14.7 Å². The van der Waals surface area contributed by atoms with Crippen LogP contribution in [-0.4, -0.2) is 54.2 Å². The number of urea groups is 1. The quantitative estimate of drug-likeness (QED) is 0.686. The lowest BCUT2D eigenvalue weighted by Gasteiger charge is -2.32. The zero-order valence-electron chi connectivity index (χ0n) is 12.7. The maximum atomic E-state index is 11.8. The molecule has 2 amide bonds. The van der Waals surface area contributed by atoms with Crippen LogP contribution in [0, 0.1) is 5.92 Å². The van der Waals surface area contributed by atoms with Gasteiger partial charge in [-0.05, 0) is 32.4 Å². The zero-order valence-corrected chi connectivity index (χ0v) is 12.7. The summed E-state index contributed by atoms with van der Waals surface area (Å²) < 4.78 is 0. The van der Waals surface area contributed by atoms with Crippen molar-refractivity contribution in [2.24, 2.45) is 5.92 Å². The molecular formula is C14H27N3O3. The van der Waals surface area contributed by atoms with Gasteiger partial charge in [-0.25, -0.2) is 9.59 Å². The SMILES string of the molecule is CCC(C)C(NC(=O)NCC1CCCCN1C)C(=O)O. The summed E-state index contributed by atoms with van der Waals surface area (Å²) in [6.45, 7) is 5.36. The lowest BCUT2D eigenvalue weighted by atomic mass is 9.99. The molecule has 0 aromatic rings. The molecule has 3 N–H and O–H groups in total. The van der Waals surface area contributed by atoms with Gasteiger partial charge >= 0.3 is 12.0 Å². The van der Waals surface area contributed by atoms with Crippen molar-refractivity contribution in [2.75, 3.05) is 20.1 Å². The van der Waals surface area contributed by atoms with E-state index in [9.17, 15) is 9.59 Å². The summed E-state index contributed by atoms with van der Waals surface area (Å²) in [4.78, 5) is 25.2. The smallest absolute Gasteiger partial charge is 0.326 e. The highest BCUT2D eigenvalue weighted by molar-refractivity contribution is 5.82. The Morgan fingerprint density at radius 2 is 2.10 bits per heavy atom. The molecule has 0 spiro atoms. The zero-order chi connectivity index (χ0) is 15.1. The van der Waals surface area contributed by atoms with Gasteiger partial charge in [-0.3, -0.25) is 0 Å². The van der Waals surface area contributed by atoms with E-state index in [-0.39, 0.29) is 5.92 Å². The van der Waals surface area contributed by atoms with Gasteiger partial charge in [0.05, 0.1) is 0 Å². The Labute approximate surface area is 120 Å². The molecule has 0 aliphatic carbocycles. The minimum atomic E-state index is -0.982. The summed E-state index contributed by atoms with van der Waals surface area (Å²) in [7, 11) is 2.06. The molecule has 0 radical (unpaired) electrons. The molecule has 1 aliphatic heterocycles. The second-order valence-electron chi connectivity index (χ2n) is 5.69. The van der Waals surface area contributed by atoms with E-state index in [1.807, 2.05) is 13.8 Å². The van der Waals surface area contributed by atoms with Crippen molar-refractivity contribution in [1.82, 2.24) is 15.5 Å². The summed E-state index contributed by atoms with van der Waals surface area (Å²) in [5.41, 5.74) is 0. The normalized spacial score (nSPS) is 22.9. The second-order valence-corrected chi connectivity index (χ2v) is 5.69. The standard InChI is InChI=1S/C14H27N3O3/c1-4-10(2)12(13(18)19)16-14(20)15-9-11-7-5-6-8-17(11)3/h10-12H,4-9H2,1-3H3,(H,18,19)(H2,15,16,20). The third kappa shape index (κ3) is 5.00. The number of carbonyl (C=O) groups excluding carboxylic acids is 1. The number of amides is 2. The van der Waals surface area contributed by atoms with Crippen LogP contribution in [0.5, 0.6) is 0 Å². The first-order chi connectivity index (χ1) is 9.45. The van der Waals surface area contributed by atoms with Crippen LogP contribution in [0.4, 0.5) is 4.79 Å². The van der Waals surface area contributed by atoms with Crippen LogP contribution < -0.4 is 10.6 Å². The number of carbonyl (C=O) groups is 2.